The number of pyridine rings is 1. The maximum atomic E-state index is 12.9. The summed E-state index contributed by atoms with van der Waals surface area (Å²) in [5, 5.41) is 3.26. The van der Waals surface area contributed by atoms with E-state index in [9.17, 15) is 4.79 Å². The molecule has 2 aromatic heterocycles. The molecule has 1 aliphatic rings. The fourth-order valence-corrected chi connectivity index (χ4v) is 5.22. The number of ether oxygens (including phenoxy) is 2. The third-order valence-corrected chi connectivity index (χ3v) is 7.10. The molecule has 1 saturated carbocycles. The van der Waals surface area contributed by atoms with Gasteiger partial charge in [-0.1, -0.05) is 43.5 Å². The van der Waals surface area contributed by atoms with Crippen molar-refractivity contribution in [2.45, 2.75) is 57.9 Å². The number of carbonyl (C=O) groups excluding carboxylic acids is 1. The molecule has 0 bridgehead atoms. The molecule has 1 amide bonds. The largest absolute Gasteiger partial charge is 0.497 e. The van der Waals surface area contributed by atoms with E-state index in [1.165, 1.54) is 19.3 Å². The van der Waals surface area contributed by atoms with Crippen LogP contribution in [0.5, 0.6) is 11.5 Å². The highest BCUT2D eigenvalue weighted by Gasteiger charge is 2.19. The Bertz CT molecular complexity index is 1370. The van der Waals surface area contributed by atoms with Gasteiger partial charge in [-0.15, -0.1) is 0 Å². The van der Waals surface area contributed by atoms with Crippen molar-refractivity contribution in [2.24, 2.45) is 0 Å². The number of carbonyl (C=O) groups is 1. The van der Waals surface area contributed by atoms with Gasteiger partial charge in [0.15, 0.2) is 0 Å². The quantitative estimate of drug-likeness (QED) is 0.288. The maximum absolute atomic E-state index is 12.9. The molecule has 0 radical (unpaired) electrons. The molecule has 192 valence electrons. The first-order chi connectivity index (χ1) is 18.1. The maximum Gasteiger partial charge on any atom is 0.220 e. The third kappa shape index (κ3) is 5.79. The Kier molecular flexibility index (Phi) is 7.73. The van der Waals surface area contributed by atoms with Crippen molar-refractivity contribution in [3.8, 4) is 33.9 Å². The van der Waals surface area contributed by atoms with Crippen LogP contribution in [0.15, 0.2) is 66.9 Å². The molecule has 6 heteroatoms. The molecule has 1 N–H and O–H groups in total. The van der Waals surface area contributed by atoms with E-state index in [4.69, 9.17) is 14.5 Å². The van der Waals surface area contributed by atoms with Crippen LogP contribution in [0.25, 0.3) is 28.0 Å². The lowest BCUT2D eigenvalue weighted by molar-refractivity contribution is -0.122. The normalized spacial score (nSPS) is 14.0. The summed E-state index contributed by atoms with van der Waals surface area (Å²) in [4.78, 5) is 17.9. The predicted molar refractivity (Wildman–Crippen MR) is 147 cm³/mol. The summed E-state index contributed by atoms with van der Waals surface area (Å²) in [5.41, 5.74) is 5.87. The van der Waals surface area contributed by atoms with Crippen molar-refractivity contribution in [1.29, 1.82) is 0 Å². The summed E-state index contributed by atoms with van der Waals surface area (Å²) in [6.45, 7) is 2.61. The van der Waals surface area contributed by atoms with E-state index < -0.39 is 0 Å². The van der Waals surface area contributed by atoms with E-state index in [0.717, 1.165) is 58.1 Å². The molecule has 0 aliphatic heterocycles. The Hall–Kier alpha value is -3.80. The number of fused-ring (bicyclic) bond motifs is 1. The predicted octanol–water partition coefficient (Wildman–Crippen LogP) is 6.46. The number of imidazole rings is 1. The highest BCUT2D eigenvalue weighted by molar-refractivity contribution is 5.77. The topological polar surface area (TPSA) is 64.9 Å². The zero-order valence-corrected chi connectivity index (χ0v) is 21.7. The van der Waals surface area contributed by atoms with E-state index in [1.54, 1.807) is 7.11 Å². The van der Waals surface area contributed by atoms with Crippen LogP contribution in [0, 0.1) is 0 Å². The van der Waals surface area contributed by atoms with Crippen LogP contribution in [0.1, 0.15) is 51.1 Å². The summed E-state index contributed by atoms with van der Waals surface area (Å²) in [7, 11) is 1.67. The Balaban J connectivity index is 1.50. The average Bonchev–Trinajstić information content (AvgIpc) is 3.30. The van der Waals surface area contributed by atoms with Gasteiger partial charge in [0.05, 0.1) is 25.1 Å². The molecule has 0 spiro atoms. The van der Waals surface area contributed by atoms with Crippen LogP contribution in [0.3, 0.4) is 0 Å². The first kappa shape index (κ1) is 24.9. The van der Waals surface area contributed by atoms with Gasteiger partial charge in [-0.25, -0.2) is 4.98 Å². The van der Waals surface area contributed by atoms with Gasteiger partial charge in [-0.3, -0.25) is 4.79 Å². The number of rotatable bonds is 9. The van der Waals surface area contributed by atoms with Gasteiger partial charge in [0, 0.05) is 24.2 Å². The van der Waals surface area contributed by atoms with Crippen molar-refractivity contribution in [3.63, 3.8) is 0 Å². The number of methoxy groups -OCH3 is 1. The Morgan fingerprint density at radius 3 is 2.51 bits per heavy atom. The minimum absolute atomic E-state index is 0.110. The number of nitrogens with one attached hydrogen (secondary N) is 1. The molecule has 2 aromatic carbocycles. The van der Waals surface area contributed by atoms with E-state index in [1.807, 2.05) is 49.4 Å². The van der Waals surface area contributed by atoms with Crippen LogP contribution in [0.2, 0.25) is 0 Å². The van der Waals surface area contributed by atoms with Crippen LogP contribution >= 0.6 is 0 Å². The van der Waals surface area contributed by atoms with Crippen molar-refractivity contribution < 1.29 is 14.3 Å². The number of nitrogens with zero attached hydrogens (tertiary/aromatic N) is 2. The summed E-state index contributed by atoms with van der Waals surface area (Å²) >= 11 is 0. The van der Waals surface area contributed by atoms with Gasteiger partial charge in [-0.2, -0.15) is 0 Å². The van der Waals surface area contributed by atoms with Gasteiger partial charge in [0.2, 0.25) is 5.91 Å². The second-order valence-electron chi connectivity index (χ2n) is 9.65. The van der Waals surface area contributed by atoms with Gasteiger partial charge < -0.3 is 19.2 Å². The van der Waals surface area contributed by atoms with Crippen LogP contribution in [-0.4, -0.2) is 35.1 Å². The van der Waals surface area contributed by atoms with Crippen LogP contribution in [0.4, 0.5) is 0 Å². The van der Waals surface area contributed by atoms with Gasteiger partial charge in [0.1, 0.15) is 17.1 Å². The Labute approximate surface area is 218 Å². The Morgan fingerprint density at radius 2 is 1.73 bits per heavy atom. The lowest BCUT2D eigenvalue weighted by Crippen LogP contribution is -2.36. The van der Waals surface area contributed by atoms with Crippen molar-refractivity contribution >= 4 is 11.6 Å². The van der Waals surface area contributed by atoms with Crippen molar-refractivity contribution in [2.75, 3.05) is 13.7 Å². The molecule has 1 aliphatic carbocycles. The second-order valence-corrected chi connectivity index (χ2v) is 9.65. The van der Waals surface area contributed by atoms with Gasteiger partial charge in [0.25, 0.3) is 0 Å². The fourth-order valence-electron chi connectivity index (χ4n) is 5.22. The number of hydrogen-bond donors (Lipinski definition) is 1. The Morgan fingerprint density at radius 1 is 0.973 bits per heavy atom. The molecule has 0 unspecified atom stereocenters. The number of hydrogen-bond acceptors (Lipinski definition) is 4. The molecule has 0 saturated heterocycles. The summed E-state index contributed by atoms with van der Waals surface area (Å²) in [6.07, 6.45) is 8.97. The van der Waals surface area contributed by atoms with Crippen LogP contribution < -0.4 is 14.8 Å². The molecule has 1 fully saturated rings. The standard InChI is InChI=1S/C31H35N3O3/c1-3-37-27-14-7-9-22(19-27)24-15-17-29-33-31(23-10-8-13-26(20-23)36-2)28(34(29)21-24)16-18-30(35)32-25-11-5-4-6-12-25/h7-10,13-15,17,19-21,25H,3-6,11-12,16,18H2,1-2H3,(H,32,35). The number of benzene rings is 2. The molecule has 4 aromatic rings. The smallest absolute Gasteiger partial charge is 0.220 e. The molecular formula is C31H35N3O3. The molecule has 5 rings (SSSR count). The minimum atomic E-state index is 0.110. The van der Waals surface area contributed by atoms with E-state index in [-0.39, 0.29) is 5.91 Å². The highest BCUT2D eigenvalue weighted by atomic mass is 16.5. The molecule has 37 heavy (non-hydrogen) atoms. The zero-order chi connectivity index (χ0) is 25.6. The monoisotopic (exact) mass is 497 g/mol. The summed E-state index contributed by atoms with van der Waals surface area (Å²) in [5.74, 6) is 1.74. The van der Waals surface area contributed by atoms with E-state index in [2.05, 4.69) is 34.1 Å². The van der Waals surface area contributed by atoms with Gasteiger partial charge >= 0.3 is 0 Å². The van der Waals surface area contributed by atoms with E-state index >= 15 is 0 Å². The molecular weight excluding hydrogens is 462 g/mol. The van der Waals surface area contributed by atoms with Crippen molar-refractivity contribution in [1.82, 2.24) is 14.7 Å². The summed E-state index contributed by atoms with van der Waals surface area (Å²) in [6, 6.07) is 20.5. The first-order valence-electron chi connectivity index (χ1n) is 13.3. The lowest BCUT2D eigenvalue weighted by atomic mass is 9.95. The summed E-state index contributed by atoms with van der Waals surface area (Å²) < 4.78 is 13.3. The van der Waals surface area contributed by atoms with Crippen LogP contribution in [-0.2, 0) is 11.2 Å². The average molecular weight is 498 g/mol. The zero-order valence-electron chi connectivity index (χ0n) is 21.7. The number of amides is 1. The molecule has 6 nitrogen and oxygen atoms in total. The minimum Gasteiger partial charge on any atom is -0.497 e. The second kappa shape index (κ2) is 11.5. The third-order valence-electron chi connectivity index (χ3n) is 7.10. The molecule has 2 heterocycles. The number of aromatic nitrogens is 2. The SMILES string of the molecule is CCOc1cccc(-c2ccc3nc(-c4cccc(OC)c4)c(CCC(=O)NC4CCCCC4)n3c2)c1. The van der Waals surface area contributed by atoms with Crippen molar-refractivity contribution in [3.05, 3.63) is 72.6 Å². The highest BCUT2D eigenvalue weighted by Crippen LogP contribution is 2.31. The number of aryl methyl sites for hydroxylation is 1. The first-order valence-corrected chi connectivity index (χ1v) is 13.3. The fraction of sp³-hybridized carbons (Fsp3) is 0.355. The molecule has 0 atom stereocenters. The van der Waals surface area contributed by atoms with Gasteiger partial charge in [-0.05, 0) is 73.7 Å². The lowest BCUT2D eigenvalue weighted by Gasteiger charge is -2.22. The van der Waals surface area contributed by atoms with E-state index in [0.29, 0.717) is 25.5 Å².